The number of hydrogen-bond donors (Lipinski definition) is 2. The molecule has 6 nitrogen and oxygen atoms in total. The highest BCUT2D eigenvalue weighted by molar-refractivity contribution is 6.03. The topological polar surface area (TPSA) is 99.9 Å². The monoisotopic (exact) mass is 295 g/mol. The van der Waals surface area contributed by atoms with Gasteiger partial charge in [0.15, 0.2) is 0 Å². The van der Waals surface area contributed by atoms with E-state index in [9.17, 15) is 9.18 Å². The van der Waals surface area contributed by atoms with E-state index in [-0.39, 0.29) is 0 Å². The molecule has 1 aromatic carbocycles. The maximum absolute atomic E-state index is 12.7. The SMILES string of the molecule is COC(c1ccc(C2=NOC(C(N)=O)C2)cc1)C(N)CF. The fraction of sp³-hybridized carbons (Fsp3) is 0.429. The van der Waals surface area contributed by atoms with E-state index in [1.165, 1.54) is 7.11 Å². The van der Waals surface area contributed by atoms with Gasteiger partial charge in [-0.05, 0) is 11.1 Å². The molecule has 21 heavy (non-hydrogen) atoms. The van der Waals surface area contributed by atoms with Crippen LogP contribution in [0, 0.1) is 0 Å². The summed E-state index contributed by atoms with van der Waals surface area (Å²) in [6, 6.07) is 6.47. The largest absolute Gasteiger partial charge is 0.382 e. The number of methoxy groups -OCH3 is 1. The highest BCUT2D eigenvalue weighted by Gasteiger charge is 2.27. The number of rotatable bonds is 6. The third-order valence-corrected chi connectivity index (χ3v) is 3.38. The first kappa shape index (κ1) is 15.4. The van der Waals surface area contributed by atoms with Crippen LogP contribution >= 0.6 is 0 Å². The highest BCUT2D eigenvalue weighted by Crippen LogP contribution is 2.22. The normalized spacial score (nSPS) is 20.5. The van der Waals surface area contributed by atoms with E-state index < -0.39 is 30.8 Å². The molecule has 2 rings (SSSR count). The first-order valence-corrected chi connectivity index (χ1v) is 6.53. The van der Waals surface area contributed by atoms with Crippen molar-refractivity contribution in [1.82, 2.24) is 0 Å². The van der Waals surface area contributed by atoms with Crippen LogP contribution in [0.5, 0.6) is 0 Å². The highest BCUT2D eigenvalue weighted by atomic mass is 19.1. The van der Waals surface area contributed by atoms with Crippen molar-refractivity contribution in [1.29, 1.82) is 0 Å². The van der Waals surface area contributed by atoms with Crippen LogP contribution in [0.3, 0.4) is 0 Å². The van der Waals surface area contributed by atoms with Crippen LogP contribution < -0.4 is 11.5 Å². The Morgan fingerprint density at radius 1 is 1.52 bits per heavy atom. The minimum atomic E-state index is -0.716. The molecule has 0 fully saturated rings. The zero-order valence-electron chi connectivity index (χ0n) is 11.7. The summed E-state index contributed by atoms with van der Waals surface area (Å²) >= 11 is 0. The van der Waals surface area contributed by atoms with Crippen LogP contribution in [0.15, 0.2) is 29.4 Å². The van der Waals surface area contributed by atoms with E-state index in [2.05, 4.69) is 5.16 Å². The number of benzene rings is 1. The van der Waals surface area contributed by atoms with Gasteiger partial charge in [0.1, 0.15) is 6.67 Å². The Hall–Kier alpha value is -1.99. The lowest BCUT2D eigenvalue weighted by Gasteiger charge is -2.20. The van der Waals surface area contributed by atoms with Gasteiger partial charge in [-0.25, -0.2) is 4.39 Å². The predicted molar refractivity (Wildman–Crippen MR) is 75.4 cm³/mol. The molecule has 0 bridgehead atoms. The van der Waals surface area contributed by atoms with E-state index in [0.29, 0.717) is 12.1 Å². The molecule has 0 saturated carbocycles. The van der Waals surface area contributed by atoms with E-state index in [1.807, 2.05) is 0 Å². The van der Waals surface area contributed by atoms with Gasteiger partial charge >= 0.3 is 0 Å². The van der Waals surface area contributed by atoms with Crippen molar-refractivity contribution >= 4 is 11.6 Å². The van der Waals surface area contributed by atoms with E-state index in [4.69, 9.17) is 21.0 Å². The number of nitrogens with zero attached hydrogens (tertiary/aromatic N) is 1. The van der Waals surface area contributed by atoms with Gasteiger partial charge in [-0.3, -0.25) is 4.79 Å². The van der Waals surface area contributed by atoms with Crippen LogP contribution in [-0.4, -0.2) is 37.5 Å². The van der Waals surface area contributed by atoms with Gasteiger partial charge in [0.25, 0.3) is 5.91 Å². The molecule has 7 heteroatoms. The predicted octanol–water partition coefficient (Wildman–Crippen LogP) is 0.649. The maximum atomic E-state index is 12.7. The maximum Gasteiger partial charge on any atom is 0.261 e. The molecular formula is C14H18FN3O3. The van der Waals surface area contributed by atoms with Gasteiger partial charge in [-0.2, -0.15) is 0 Å². The third-order valence-electron chi connectivity index (χ3n) is 3.38. The molecule has 114 valence electrons. The number of carbonyl (C=O) groups is 1. The number of oxime groups is 1. The fourth-order valence-electron chi connectivity index (χ4n) is 2.20. The molecule has 0 aromatic heterocycles. The molecule has 1 aliphatic rings. The number of ether oxygens (including phenoxy) is 1. The number of alkyl halides is 1. The molecule has 1 aromatic rings. The molecular weight excluding hydrogens is 277 g/mol. The number of nitrogens with two attached hydrogens (primary N) is 2. The Balaban J connectivity index is 2.11. The second-order valence-electron chi connectivity index (χ2n) is 4.83. The molecule has 0 spiro atoms. The summed E-state index contributed by atoms with van der Waals surface area (Å²) in [6.07, 6.45) is -0.887. The summed E-state index contributed by atoms with van der Waals surface area (Å²) in [6.45, 7) is -0.666. The smallest absolute Gasteiger partial charge is 0.261 e. The van der Waals surface area contributed by atoms with Crippen molar-refractivity contribution in [3.63, 3.8) is 0 Å². The number of primary amides is 1. The van der Waals surface area contributed by atoms with Crippen LogP contribution in [0.4, 0.5) is 4.39 Å². The molecule has 3 unspecified atom stereocenters. The molecule has 3 atom stereocenters. The Morgan fingerprint density at radius 3 is 2.67 bits per heavy atom. The molecule has 0 aliphatic carbocycles. The van der Waals surface area contributed by atoms with Gasteiger partial charge in [-0.15, -0.1) is 0 Å². The summed E-state index contributed by atoms with van der Waals surface area (Å²) < 4.78 is 17.9. The first-order chi connectivity index (χ1) is 10.1. The van der Waals surface area contributed by atoms with Crippen LogP contribution in [0.25, 0.3) is 0 Å². The lowest BCUT2D eigenvalue weighted by molar-refractivity contribution is -0.127. The van der Waals surface area contributed by atoms with Crippen molar-refractivity contribution < 1.29 is 18.8 Å². The summed E-state index contributed by atoms with van der Waals surface area (Å²) in [5.41, 5.74) is 13.1. The van der Waals surface area contributed by atoms with Crippen molar-refractivity contribution in [3.8, 4) is 0 Å². The van der Waals surface area contributed by atoms with Gasteiger partial charge in [0, 0.05) is 13.5 Å². The van der Waals surface area contributed by atoms with Crippen LogP contribution in [0.2, 0.25) is 0 Å². The quantitative estimate of drug-likeness (QED) is 0.804. The number of halogens is 1. The average molecular weight is 295 g/mol. The Bertz CT molecular complexity index is 533. The summed E-state index contributed by atoms with van der Waals surface area (Å²) in [4.78, 5) is 16.0. The van der Waals surface area contributed by atoms with Crippen LogP contribution in [0.1, 0.15) is 23.7 Å². The molecule has 0 radical (unpaired) electrons. The lowest BCUT2D eigenvalue weighted by atomic mass is 9.99. The Morgan fingerprint density at radius 2 is 2.19 bits per heavy atom. The van der Waals surface area contributed by atoms with E-state index in [0.717, 1.165) is 11.1 Å². The molecule has 4 N–H and O–H groups in total. The van der Waals surface area contributed by atoms with E-state index in [1.54, 1.807) is 24.3 Å². The number of hydrogen-bond acceptors (Lipinski definition) is 5. The summed E-state index contributed by atoms with van der Waals surface area (Å²) in [5.74, 6) is -0.543. The van der Waals surface area contributed by atoms with Crippen molar-refractivity contribution in [3.05, 3.63) is 35.4 Å². The van der Waals surface area contributed by atoms with Crippen LogP contribution in [-0.2, 0) is 14.4 Å². The van der Waals surface area contributed by atoms with Gasteiger partial charge < -0.3 is 21.0 Å². The Kier molecular flexibility index (Phi) is 4.87. The molecule has 1 aliphatic heterocycles. The zero-order valence-corrected chi connectivity index (χ0v) is 11.7. The van der Waals surface area contributed by atoms with E-state index >= 15 is 0 Å². The van der Waals surface area contributed by atoms with Crippen molar-refractivity contribution in [2.75, 3.05) is 13.8 Å². The average Bonchev–Trinajstić information content (AvgIpc) is 2.98. The molecule has 1 amide bonds. The second kappa shape index (κ2) is 6.64. The summed E-state index contributed by atoms with van der Waals surface area (Å²) in [5, 5.41) is 3.85. The number of amides is 1. The minimum absolute atomic E-state index is 0.340. The van der Waals surface area contributed by atoms with Crippen molar-refractivity contribution in [2.45, 2.75) is 24.7 Å². The fourth-order valence-corrected chi connectivity index (χ4v) is 2.20. The second-order valence-corrected chi connectivity index (χ2v) is 4.83. The zero-order chi connectivity index (χ0) is 15.4. The number of carbonyl (C=O) groups excluding carboxylic acids is 1. The molecule has 1 heterocycles. The minimum Gasteiger partial charge on any atom is -0.382 e. The third kappa shape index (κ3) is 3.37. The first-order valence-electron chi connectivity index (χ1n) is 6.53. The molecule has 0 saturated heterocycles. The lowest BCUT2D eigenvalue weighted by Crippen LogP contribution is -2.31. The van der Waals surface area contributed by atoms with Gasteiger partial charge in [-0.1, -0.05) is 29.4 Å². The van der Waals surface area contributed by atoms with Gasteiger partial charge in [0.05, 0.1) is 17.9 Å². The van der Waals surface area contributed by atoms with Gasteiger partial charge in [0.2, 0.25) is 6.10 Å². The standard InChI is InChI=1S/C14H18FN3O3/c1-20-13(10(16)7-15)9-4-2-8(3-5-9)11-6-12(14(17)19)21-18-11/h2-5,10,12-13H,6-7,16H2,1H3,(H2,17,19). The Labute approximate surface area is 121 Å². The summed E-state index contributed by atoms with van der Waals surface area (Å²) in [7, 11) is 1.49. The van der Waals surface area contributed by atoms with Crippen molar-refractivity contribution in [2.24, 2.45) is 16.6 Å².